The molecule has 29 heavy (non-hydrogen) atoms. The van der Waals surface area contributed by atoms with Crippen molar-refractivity contribution in [2.45, 2.75) is 20.5 Å². The number of carbonyl (C=O) groups excluding carboxylic acids is 1. The lowest BCUT2D eigenvalue weighted by Crippen LogP contribution is -2.15. The van der Waals surface area contributed by atoms with Crippen LogP contribution in [0.5, 0.6) is 11.5 Å². The summed E-state index contributed by atoms with van der Waals surface area (Å²) in [6, 6.07) is 12.3. The summed E-state index contributed by atoms with van der Waals surface area (Å²) < 4.78 is 21.3. The number of ether oxygens (including phenoxy) is 3. The molecule has 0 aliphatic carbocycles. The van der Waals surface area contributed by atoms with E-state index in [1.54, 1.807) is 12.1 Å². The molecule has 0 aliphatic rings. The van der Waals surface area contributed by atoms with Gasteiger partial charge in [0, 0.05) is 17.0 Å². The van der Waals surface area contributed by atoms with Crippen molar-refractivity contribution in [2.75, 3.05) is 13.7 Å². The molecule has 0 atom stereocenters. The molecule has 0 saturated carbocycles. The van der Waals surface area contributed by atoms with E-state index >= 15 is 0 Å². The van der Waals surface area contributed by atoms with Gasteiger partial charge in [0.05, 0.1) is 7.11 Å². The molecular weight excluding hydrogens is 372 g/mol. The largest absolute Gasteiger partial charge is 0.493 e. The SMILES string of the molecule is CC=Cc1ccc(OCC(=O)OCc2cc(=O)oc3cc(C)ccc23)c(OC)c1. The zero-order valence-corrected chi connectivity index (χ0v) is 16.6. The Balaban J connectivity index is 1.65. The number of fused-ring (bicyclic) bond motifs is 1. The van der Waals surface area contributed by atoms with Gasteiger partial charge in [-0.05, 0) is 43.2 Å². The van der Waals surface area contributed by atoms with Crippen molar-refractivity contribution in [1.82, 2.24) is 0 Å². The minimum atomic E-state index is -0.557. The third-order valence-electron chi connectivity index (χ3n) is 4.27. The molecule has 6 heteroatoms. The summed E-state index contributed by atoms with van der Waals surface area (Å²) in [5, 5.41) is 0.727. The van der Waals surface area contributed by atoms with Crippen LogP contribution in [0.1, 0.15) is 23.6 Å². The molecule has 0 spiro atoms. The highest BCUT2D eigenvalue weighted by molar-refractivity contribution is 5.81. The fourth-order valence-corrected chi connectivity index (χ4v) is 2.89. The van der Waals surface area contributed by atoms with Gasteiger partial charge >= 0.3 is 11.6 Å². The molecular formula is C23H22O6. The van der Waals surface area contributed by atoms with Gasteiger partial charge in [-0.3, -0.25) is 0 Å². The van der Waals surface area contributed by atoms with Crippen LogP contribution < -0.4 is 15.1 Å². The summed E-state index contributed by atoms with van der Waals surface area (Å²) in [6.07, 6.45) is 3.85. The van der Waals surface area contributed by atoms with Crippen molar-refractivity contribution in [3.8, 4) is 11.5 Å². The molecule has 0 aliphatic heterocycles. The highest BCUT2D eigenvalue weighted by Gasteiger charge is 2.12. The normalized spacial score (nSPS) is 11.0. The van der Waals surface area contributed by atoms with Crippen molar-refractivity contribution in [3.05, 3.63) is 75.7 Å². The average molecular weight is 394 g/mol. The van der Waals surface area contributed by atoms with Gasteiger partial charge in [-0.2, -0.15) is 0 Å². The molecule has 6 nitrogen and oxygen atoms in total. The highest BCUT2D eigenvalue weighted by Crippen LogP contribution is 2.28. The molecule has 150 valence electrons. The number of allylic oxidation sites excluding steroid dienone is 1. The molecule has 0 unspecified atom stereocenters. The van der Waals surface area contributed by atoms with Crippen molar-refractivity contribution in [1.29, 1.82) is 0 Å². The zero-order chi connectivity index (χ0) is 20.8. The van der Waals surface area contributed by atoms with Crippen LogP contribution in [-0.4, -0.2) is 19.7 Å². The number of carbonyl (C=O) groups is 1. The Labute approximate surface area is 168 Å². The van der Waals surface area contributed by atoms with Crippen LogP contribution in [0.3, 0.4) is 0 Å². The van der Waals surface area contributed by atoms with E-state index in [0.717, 1.165) is 16.5 Å². The minimum Gasteiger partial charge on any atom is -0.493 e. The standard InChI is InChI=1S/C23H22O6/c1-4-5-16-7-9-19(21(11-16)26-3)27-14-23(25)28-13-17-12-22(24)29-20-10-15(2)6-8-18(17)20/h4-12H,13-14H2,1-3H3. The molecule has 0 saturated heterocycles. The molecule has 3 aromatic rings. The summed E-state index contributed by atoms with van der Waals surface area (Å²) in [4.78, 5) is 23.9. The number of methoxy groups -OCH3 is 1. The molecule has 3 rings (SSSR count). The van der Waals surface area contributed by atoms with Gasteiger partial charge in [-0.15, -0.1) is 0 Å². The van der Waals surface area contributed by atoms with E-state index in [0.29, 0.717) is 22.6 Å². The molecule has 0 fully saturated rings. The van der Waals surface area contributed by atoms with Crippen molar-refractivity contribution in [2.24, 2.45) is 0 Å². The number of esters is 1. The van der Waals surface area contributed by atoms with Gasteiger partial charge in [-0.1, -0.05) is 30.4 Å². The fourth-order valence-electron chi connectivity index (χ4n) is 2.89. The smallest absolute Gasteiger partial charge is 0.344 e. The Bertz CT molecular complexity index is 1110. The molecule has 1 heterocycles. The van der Waals surface area contributed by atoms with E-state index in [1.165, 1.54) is 13.2 Å². The van der Waals surface area contributed by atoms with Crippen LogP contribution in [0, 0.1) is 6.92 Å². The average Bonchev–Trinajstić information content (AvgIpc) is 2.70. The molecule has 1 aromatic heterocycles. The molecule has 0 bridgehead atoms. The summed E-state index contributed by atoms with van der Waals surface area (Å²) in [5.41, 5.74) is 2.49. The molecule has 0 radical (unpaired) electrons. The lowest BCUT2D eigenvalue weighted by atomic mass is 10.1. The Hall–Kier alpha value is -3.54. The molecule has 2 aromatic carbocycles. The predicted molar refractivity (Wildman–Crippen MR) is 110 cm³/mol. The van der Waals surface area contributed by atoms with Crippen molar-refractivity contribution in [3.63, 3.8) is 0 Å². The first-order chi connectivity index (χ1) is 14.0. The highest BCUT2D eigenvalue weighted by atomic mass is 16.6. The number of benzene rings is 2. The second-order valence-corrected chi connectivity index (χ2v) is 6.45. The quantitative estimate of drug-likeness (QED) is 0.440. The Morgan fingerprint density at radius 1 is 1.10 bits per heavy atom. The van der Waals surface area contributed by atoms with Gasteiger partial charge in [0.2, 0.25) is 0 Å². The third kappa shape index (κ3) is 5.04. The first-order valence-corrected chi connectivity index (χ1v) is 9.12. The number of hydrogen-bond donors (Lipinski definition) is 0. The van der Waals surface area contributed by atoms with Crippen LogP contribution in [-0.2, 0) is 16.1 Å². The lowest BCUT2D eigenvalue weighted by Gasteiger charge is -2.11. The minimum absolute atomic E-state index is 0.0509. The molecule has 0 N–H and O–H groups in total. The van der Waals surface area contributed by atoms with Crippen LogP contribution in [0.25, 0.3) is 17.0 Å². The van der Waals surface area contributed by atoms with E-state index in [4.69, 9.17) is 18.6 Å². The first kappa shape index (κ1) is 20.2. The van der Waals surface area contributed by atoms with Crippen LogP contribution in [0.4, 0.5) is 0 Å². The Morgan fingerprint density at radius 2 is 1.93 bits per heavy atom. The third-order valence-corrected chi connectivity index (χ3v) is 4.27. The second kappa shape index (κ2) is 9.10. The summed E-state index contributed by atoms with van der Waals surface area (Å²) in [6.45, 7) is 3.50. The van der Waals surface area contributed by atoms with Gasteiger partial charge in [0.15, 0.2) is 18.1 Å². The maximum absolute atomic E-state index is 12.1. The number of rotatable bonds is 7. The summed E-state index contributed by atoms with van der Waals surface area (Å²) in [5.74, 6) is 0.410. The van der Waals surface area contributed by atoms with E-state index in [2.05, 4.69) is 0 Å². The number of hydrogen-bond acceptors (Lipinski definition) is 6. The van der Waals surface area contributed by atoms with Gasteiger partial charge in [0.25, 0.3) is 0 Å². The van der Waals surface area contributed by atoms with E-state index in [9.17, 15) is 9.59 Å². The molecule has 0 amide bonds. The summed E-state index contributed by atoms with van der Waals surface area (Å²) >= 11 is 0. The van der Waals surface area contributed by atoms with Gasteiger partial charge in [-0.25, -0.2) is 9.59 Å². The monoisotopic (exact) mass is 394 g/mol. The Kier molecular flexibility index (Phi) is 6.34. The first-order valence-electron chi connectivity index (χ1n) is 9.12. The van der Waals surface area contributed by atoms with Gasteiger partial charge < -0.3 is 18.6 Å². The van der Waals surface area contributed by atoms with Crippen LogP contribution in [0.2, 0.25) is 0 Å². The number of aryl methyl sites for hydroxylation is 1. The maximum Gasteiger partial charge on any atom is 0.344 e. The van der Waals surface area contributed by atoms with E-state index < -0.39 is 11.6 Å². The summed E-state index contributed by atoms with van der Waals surface area (Å²) in [7, 11) is 1.54. The predicted octanol–water partition coefficient (Wildman–Crippen LogP) is 4.27. The zero-order valence-electron chi connectivity index (χ0n) is 16.6. The van der Waals surface area contributed by atoms with Crippen LogP contribution in [0.15, 0.2) is 57.8 Å². The topological polar surface area (TPSA) is 75.0 Å². The van der Waals surface area contributed by atoms with Crippen LogP contribution >= 0.6 is 0 Å². The lowest BCUT2D eigenvalue weighted by molar-refractivity contribution is -0.147. The fraction of sp³-hybridized carbons (Fsp3) is 0.217. The van der Waals surface area contributed by atoms with E-state index in [-0.39, 0.29) is 13.2 Å². The second-order valence-electron chi connectivity index (χ2n) is 6.45. The van der Waals surface area contributed by atoms with E-state index in [1.807, 2.05) is 50.3 Å². The van der Waals surface area contributed by atoms with Crippen molar-refractivity contribution >= 4 is 23.0 Å². The van der Waals surface area contributed by atoms with Crippen molar-refractivity contribution < 1.29 is 23.4 Å². The maximum atomic E-state index is 12.1. The van der Waals surface area contributed by atoms with Gasteiger partial charge in [0.1, 0.15) is 12.2 Å². The Morgan fingerprint density at radius 3 is 2.69 bits per heavy atom.